The molecule has 2 aromatic rings. The molecule has 2 aromatic carbocycles. The summed E-state index contributed by atoms with van der Waals surface area (Å²) in [6.45, 7) is 5.27. The van der Waals surface area contributed by atoms with Crippen LogP contribution in [0.4, 0.5) is 5.69 Å². The predicted octanol–water partition coefficient (Wildman–Crippen LogP) is 3.54. The second kappa shape index (κ2) is 11.9. The monoisotopic (exact) mass is 419 g/mol. The Hall–Kier alpha value is -1.95. The average Bonchev–Trinajstić information content (AvgIpc) is 2.73. The van der Waals surface area contributed by atoms with Crippen molar-refractivity contribution in [3.8, 4) is 0 Å². The molecule has 0 saturated carbocycles. The third-order valence-corrected chi connectivity index (χ3v) is 6.40. The summed E-state index contributed by atoms with van der Waals surface area (Å²) in [4.78, 5) is 1.93. The first-order chi connectivity index (χ1) is 14.1. The van der Waals surface area contributed by atoms with Crippen molar-refractivity contribution in [2.24, 2.45) is 0 Å². The molecule has 7 heteroatoms. The molecule has 29 heavy (non-hydrogen) atoms. The maximum Gasteiger partial charge on any atom is 0.361 e. The molecule has 0 aliphatic carbocycles. The van der Waals surface area contributed by atoms with E-state index in [9.17, 15) is 4.57 Å². The Morgan fingerprint density at radius 2 is 1.28 bits per heavy atom. The van der Waals surface area contributed by atoms with Crippen LogP contribution in [-0.4, -0.2) is 49.7 Å². The fraction of sp³-hybridized carbons (Fsp3) is 0.364. The molecule has 6 nitrogen and oxygen atoms in total. The Morgan fingerprint density at radius 1 is 0.828 bits per heavy atom. The summed E-state index contributed by atoms with van der Waals surface area (Å²) in [5.74, 6) is 0. The largest absolute Gasteiger partial charge is 0.395 e. The van der Waals surface area contributed by atoms with Crippen molar-refractivity contribution in [3.63, 3.8) is 0 Å². The maximum absolute atomic E-state index is 12.8. The Morgan fingerprint density at radius 3 is 1.69 bits per heavy atom. The SMILES string of the molecule is CCOP(=O)(OCC)c1ccc(/C=C/c2ccc(N(CCO)CCO)cc2)cc1. The van der Waals surface area contributed by atoms with E-state index in [-0.39, 0.29) is 13.2 Å². The molecule has 2 N–H and O–H groups in total. The molecule has 158 valence electrons. The van der Waals surface area contributed by atoms with Gasteiger partial charge in [-0.3, -0.25) is 4.57 Å². The van der Waals surface area contributed by atoms with Crippen LogP contribution in [0.5, 0.6) is 0 Å². The average molecular weight is 419 g/mol. The quantitative estimate of drug-likeness (QED) is 0.405. The van der Waals surface area contributed by atoms with Crippen molar-refractivity contribution < 1.29 is 23.8 Å². The molecule has 0 aromatic heterocycles. The number of aliphatic hydroxyl groups excluding tert-OH is 2. The highest BCUT2D eigenvalue weighted by atomic mass is 31.2. The van der Waals surface area contributed by atoms with E-state index < -0.39 is 7.60 Å². The standard InChI is InChI=1S/C22H30NO5P/c1-3-27-29(26,28-4-2)22-13-9-20(10-14-22)6-5-19-7-11-21(12-8-19)23(15-17-24)16-18-25/h5-14,24-25H,3-4,15-18H2,1-2H3/b6-5+. The third kappa shape index (κ3) is 6.81. The van der Waals surface area contributed by atoms with Crippen LogP contribution >= 0.6 is 7.60 Å². The Balaban J connectivity index is 2.09. The lowest BCUT2D eigenvalue weighted by atomic mass is 10.1. The molecule has 0 fully saturated rings. The van der Waals surface area contributed by atoms with Crippen LogP contribution in [0.15, 0.2) is 48.5 Å². The van der Waals surface area contributed by atoms with Crippen molar-refractivity contribution in [2.45, 2.75) is 13.8 Å². The number of hydrogen-bond donors (Lipinski definition) is 2. The smallest absolute Gasteiger partial charge is 0.361 e. The van der Waals surface area contributed by atoms with E-state index in [0.717, 1.165) is 16.8 Å². The Labute approximate surface area is 172 Å². The van der Waals surface area contributed by atoms with Gasteiger partial charge in [0.15, 0.2) is 0 Å². The second-order valence-corrected chi connectivity index (χ2v) is 8.31. The third-order valence-electron chi connectivity index (χ3n) is 4.27. The number of aliphatic hydroxyl groups is 2. The highest BCUT2D eigenvalue weighted by molar-refractivity contribution is 7.62. The van der Waals surface area contributed by atoms with Gasteiger partial charge in [0.05, 0.1) is 31.7 Å². The molecule has 0 spiro atoms. The topological polar surface area (TPSA) is 79.2 Å². The second-order valence-electron chi connectivity index (χ2n) is 6.28. The summed E-state index contributed by atoms with van der Waals surface area (Å²) < 4.78 is 23.5. The fourth-order valence-corrected chi connectivity index (χ4v) is 4.46. The molecule has 0 aliphatic heterocycles. The van der Waals surface area contributed by atoms with Gasteiger partial charge in [-0.05, 0) is 49.2 Å². The Kier molecular flexibility index (Phi) is 9.58. The zero-order chi connectivity index (χ0) is 21.1. The first-order valence-corrected chi connectivity index (χ1v) is 11.3. The fourth-order valence-electron chi connectivity index (χ4n) is 2.89. The minimum Gasteiger partial charge on any atom is -0.395 e. The van der Waals surface area contributed by atoms with Crippen molar-refractivity contribution in [1.82, 2.24) is 0 Å². The molecular formula is C22H30NO5P. The highest BCUT2D eigenvalue weighted by Crippen LogP contribution is 2.46. The predicted molar refractivity (Wildman–Crippen MR) is 119 cm³/mol. The highest BCUT2D eigenvalue weighted by Gasteiger charge is 2.26. The molecule has 0 saturated heterocycles. The number of rotatable bonds is 12. The van der Waals surface area contributed by atoms with Gasteiger partial charge in [0, 0.05) is 18.8 Å². The first-order valence-electron chi connectivity index (χ1n) is 9.80. The van der Waals surface area contributed by atoms with Crippen LogP contribution in [0.3, 0.4) is 0 Å². The zero-order valence-corrected chi connectivity index (χ0v) is 17.9. The molecule has 0 bridgehead atoms. The lowest BCUT2D eigenvalue weighted by Crippen LogP contribution is -2.29. The molecule has 0 heterocycles. The van der Waals surface area contributed by atoms with E-state index in [4.69, 9.17) is 19.3 Å². The normalized spacial score (nSPS) is 11.9. The molecule has 0 radical (unpaired) electrons. The van der Waals surface area contributed by atoms with E-state index in [1.165, 1.54) is 0 Å². The first kappa shape index (κ1) is 23.3. The minimum absolute atomic E-state index is 0.0389. The summed E-state index contributed by atoms with van der Waals surface area (Å²) in [6.07, 6.45) is 3.97. The van der Waals surface area contributed by atoms with Gasteiger partial charge in [-0.1, -0.05) is 36.4 Å². The van der Waals surface area contributed by atoms with E-state index >= 15 is 0 Å². The molecule has 0 unspecified atom stereocenters. The van der Waals surface area contributed by atoms with Crippen molar-refractivity contribution in [3.05, 3.63) is 59.7 Å². The summed E-state index contributed by atoms with van der Waals surface area (Å²) in [5.41, 5.74) is 2.96. The van der Waals surface area contributed by atoms with Gasteiger partial charge in [-0.2, -0.15) is 0 Å². The van der Waals surface area contributed by atoms with Crippen LogP contribution < -0.4 is 10.2 Å². The van der Waals surface area contributed by atoms with Crippen molar-refractivity contribution in [2.75, 3.05) is 44.4 Å². The molecule has 0 amide bonds. The lowest BCUT2D eigenvalue weighted by Gasteiger charge is -2.22. The van der Waals surface area contributed by atoms with E-state index in [1.807, 2.05) is 53.5 Å². The Bertz CT molecular complexity index is 789. The molecule has 0 aliphatic rings. The number of hydrogen-bond acceptors (Lipinski definition) is 6. The lowest BCUT2D eigenvalue weighted by molar-refractivity contribution is 0.230. The van der Waals surface area contributed by atoms with Gasteiger partial charge in [0.25, 0.3) is 0 Å². The molecular weight excluding hydrogens is 389 g/mol. The van der Waals surface area contributed by atoms with Gasteiger partial charge < -0.3 is 24.2 Å². The summed E-state index contributed by atoms with van der Waals surface area (Å²) >= 11 is 0. The zero-order valence-electron chi connectivity index (χ0n) is 17.0. The van der Waals surface area contributed by atoms with E-state index in [0.29, 0.717) is 31.6 Å². The van der Waals surface area contributed by atoms with Crippen LogP contribution in [0.25, 0.3) is 12.2 Å². The van der Waals surface area contributed by atoms with Gasteiger partial charge in [-0.15, -0.1) is 0 Å². The number of benzene rings is 2. The van der Waals surface area contributed by atoms with Gasteiger partial charge >= 0.3 is 7.60 Å². The summed E-state index contributed by atoms with van der Waals surface area (Å²) in [6, 6.07) is 15.2. The summed E-state index contributed by atoms with van der Waals surface area (Å²) in [7, 11) is -3.26. The maximum atomic E-state index is 12.8. The van der Waals surface area contributed by atoms with Crippen molar-refractivity contribution >= 4 is 30.7 Å². The summed E-state index contributed by atoms with van der Waals surface area (Å²) in [5, 5.41) is 18.9. The van der Waals surface area contributed by atoms with E-state index in [2.05, 4.69) is 0 Å². The van der Waals surface area contributed by atoms with E-state index in [1.54, 1.807) is 26.0 Å². The van der Waals surface area contributed by atoms with Crippen LogP contribution in [0.1, 0.15) is 25.0 Å². The molecule has 2 rings (SSSR count). The van der Waals surface area contributed by atoms with Crippen LogP contribution in [0, 0.1) is 0 Å². The number of anilines is 1. The van der Waals surface area contributed by atoms with Crippen LogP contribution in [0.2, 0.25) is 0 Å². The van der Waals surface area contributed by atoms with Crippen LogP contribution in [-0.2, 0) is 13.6 Å². The van der Waals surface area contributed by atoms with Gasteiger partial charge in [-0.25, -0.2) is 0 Å². The van der Waals surface area contributed by atoms with Gasteiger partial charge in [0.2, 0.25) is 0 Å². The van der Waals surface area contributed by atoms with Gasteiger partial charge in [0.1, 0.15) is 0 Å². The minimum atomic E-state index is -3.26. The van der Waals surface area contributed by atoms with Crippen molar-refractivity contribution in [1.29, 1.82) is 0 Å². The molecule has 0 atom stereocenters. The number of nitrogens with zero attached hydrogens (tertiary/aromatic N) is 1.